The van der Waals surface area contributed by atoms with Gasteiger partial charge < -0.3 is 14.4 Å². The predicted octanol–water partition coefficient (Wildman–Crippen LogP) is -4.31. The molecule has 0 saturated heterocycles. The fourth-order valence-corrected chi connectivity index (χ4v) is 2.42. The number of rotatable bonds is 4. The third-order valence-electron chi connectivity index (χ3n) is 2.71. The quantitative estimate of drug-likeness (QED) is 0.422. The molecule has 0 aliphatic carbocycles. The van der Waals surface area contributed by atoms with Gasteiger partial charge >= 0.3 is 103 Å². The van der Waals surface area contributed by atoms with E-state index in [1.807, 2.05) is 42.5 Å². The van der Waals surface area contributed by atoms with E-state index in [0.29, 0.717) is 12.8 Å². The maximum atomic E-state index is 10.5. The minimum atomic E-state index is -4.35. The Kier molecular flexibility index (Phi) is 11.1. The van der Waals surface area contributed by atoms with Crippen molar-refractivity contribution in [3.8, 4) is 0 Å². The molecule has 2 rings (SSSR count). The zero-order chi connectivity index (χ0) is 12.3. The third-order valence-corrected chi connectivity index (χ3v) is 3.58. The molecule has 0 atom stereocenters. The Morgan fingerprint density at radius 2 is 1.58 bits per heavy atom. The Bertz CT molecular complexity index is 569. The minimum absolute atomic E-state index is 0. The molecule has 3 nitrogen and oxygen atoms in total. The molecule has 0 aliphatic heterocycles. The molecule has 0 aliphatic rings. The molecule has 0 fully saturated rings. The predicted molar refractivity (Wildman–Crippen MR) is 64.7 cm³/mol. The molecule has 0 heterocycles. The number of fused-ring (bicyclic) bond motifs is 1. The van der Waals surface area contributed by atoms with Crippen molar-refractivity contribution in [1.82, 2.24) is 0 Å². The van der Waals surface area contributed by atoms with Crippen LogP contribution in [0.1, 0.15) is 12.0 Å². The van der Waals surface area contributed by atoms with Gasteiger partial charge in [0.1, 0.15) is 0 Å². The summed E-state index contributed by atoms with van der Waals surface area (Å²) in [5.41, 5.74) is 1.07. The Balaban J connectivity index is 0.00000162. The maximum absolute atomic E-state index is 10.5. The van der Waals surface area contributed by atoms with Crippen LogP contribution in [0.15, 0.2) is 42.5 Å². The van der Waals surface area contributed by atoms with Crippen LogP contribution in [0.5, 0.6) is 0 Å². The summed E-state index contributed by atoms with van der Waals surface area (Å²) in [6, 6.07) is 14.0. The fraction of sp³-hybridized carbons (Fsp3) is 0.231. The molecule has 90 valence electrons. The Labute approximate surface area is 198 Å². The van der Waals surface area contributed by atoms with Gasteiger partial charge in [-0.2, -0.15) is 0 Å². The fourth-order valence-electron chi connectivity index (χ4n) is 1.87. The summed E-state index contributed by atoms with van der Waals surface area (Å²) in [4.78, 5) is 21.0. The average Bonchev–Trinajstić information content (AvgIpc) is 2.27. The molecule has 6 heteroatoms. The first kappa shape index (κ1) is 21.1. The second kappa shape index (κ2) is 10.0. The van der Waals surface area contributed by atoms with Gasteiger partial charge in [0, 0.05) is 0 Å². The van der Waals surface area contributed by atoms with E-state index in [9.17, 15) is 14.4 Å². The van der Waals surface area contributed by atoms with E-state index in [-0.39, 0.29) is 109 Å². The molecule has 2 aromatic rings. The van der Waals surface area contributed by atoms with Crippen LogP contribution in [-0.4, -0.2) is 6.16 Å². The van der Waals surface area contributed by atoms with Crippen LogP contribution < -0.4 is 113 Å². The first-order chi connectivity index (χ1) is 8.04. The van der Waals surface area contributed by atoms with E-state index in [1.165, 1.54) is 0 Å². The van der Waals surface area contributed by atoms with Gasteiger partial charge in [-0.25, -0.2) is 0 Å². The standard InChI is InChI=1S/C13H15O3P.2K/c14-17(15,16)9-3-4-11-7-8-12-5-1-2-6-13(12)10-11;;/h1-2,5-8,10H,3-4,9H2,(H2,14,15,16);;/q;2*+1/p-2. The molecular formula is C13H13K2O3P. The van der Waals surface area contributed by atoms with Crippen LogP contribution in [0.2, 0.25) is 0 Å². The first-order valence-electron chi connectivity index (χ1n) is 5.53. The summed E-state index contributed by atoms with van der Waals surface area (Å²) in [6.07, 6.45) is 0.752. The summed E-state index contributed by atoms with van der Waals surface area (Å²) < 4.78 is 10.5. The zero-order valence-corrected chi connectivity index (χ0v) is 18.5. The number of benzene rings is 2. The topological polar surface area (TPSA) is 63.2 Å². The molecule has 0 unspecified atom stereocenters. The van der Waals surface area contributed by atoms with Crippen molar-refractivity contribution in [1.29, 1.82) is 0 Å². The molecular weight excluding hydrogens is 313 g/mol. The summed E-state index contributed by atoms with van der Waals surface area (Å²) in [5.74, 6) is 0. The van der Waals surface area contributed by atoms with Crippen molar-refractivity contribution in [3.05, 3.63) is 48.0 Å². The van der Waals surface area contributed by atoms with Crippen LogP contribution in [0.25, 0.3) is 10.8 Å². The monoisotopic (exact) mass is 326 g/mol. The number of hydrogen-bond acceptors (Lipinski definition) is 3. The van der Waals surface area contributed by atoms with Gasteiger partial charge in [0.05, 0.1) is 0 Å². The van der Waals surface area contributed by atoms with Crippen molar-refractivity contribution in [2.75, 3.05) is 6.16 Å². The van der Waals surface area contributed by atoms with E-state index < -0.39 is 7.60 Å². The van der Waals surface area contributed by atoms with Crippen LogP contribution in [-0.2, 0) is 11.0 Å². The van der Waals surface area contributed by atoms with Crippen molar-refractivity contribution in [2.24, 2.45) is 0 Å². The summed E-state index contributed by atoms with van der Waals surface area (Å²) >= 11 is 0. The summed E-state index contributed by atoms with van der Waals surface area (Å²) in [7, 11) is -4.35. The molecule has 2 aromatic carbocycles. The zero-order valence-electron chi connectivity index (χ0n) is 11.3. The van der Waals surface area contributed by atoms with E-state index in [0.717, 1.165) is 16.3 Å². The van der Waals surface area contributed by atoms with Crippen molar-refractivity contribution < 1.29 is 117 Å². The normalized spacial score (nSPS) is 10.6. The Morgan fingerprint density at radius 3 is 2.21 bits per heavy atom. The smallest absolute Gasteiger partial charge is 0.811 e. The number of aryl methyl sites for hydroxylation is 1. The molecule has 0 spiro atoms. The Morgan fingerprint density at radius 1 is 0.947 bits per heavy atom. The molecule has 0 radical (unpaired) electrons. The van der Waals surface area contributed by atoms with Gasteiger partial charge in [0.2, 0.25) is 0 Å². The van der Waals surface area contributed by atoms with E-state index in [1.54, 1.807) is 0 Å². The van der Waals surface area contributed by atoms with Gasteiger partial charge in [-0.3, -0.25) is 0 Å². The van der Waals surface area contributed by atoms with E-state index in [4.69, 9.17) is 0 Å². The van der Waals surface area contributed by atoms with Crippen molar-refractivity contribution in [3.63, 3.8) is 0 Å². The summed E-state index contributed by atoms with van der Waals surface area (Å²) in [5, 5.41) is 2.30. The van der Waals surface area contributed by atoms with Crippen LogP contribution in [0.3, 0.4) is 0 Å². The van der Waals surface area contributed by atoms with Crippen molar-refractivity contribution >= 4 is 18.4 Å². The summed E-state index contributed by atoms with van der Waals surface area (Å²) in [6.45, 7) is 0. The number of hydrogen-bond donors (Lipinski definition) is 0. The van der Waals surface area contributed by atoms with Crippen LogP contribution in [0, 0.1) is 0 Å². The molecule has 0 saturated carbocycles. The third kappa shape index (κ3) is 7.79. The van der Waals surface area contributed by atoms with Gasteiger partial charge in [-0.15, -0.1) is 0 Å². The average molecular weight is 326 g/mol. The minimum Gasteiger partial charge on any atom is -0.811 e. The molecule has 0 bridgehead atoms. The van der Waals surface area contributed by atoms with E-state index >= 15 is 0 Å². The molecule has 19 heavy (non-hydrogen) atoms. The van der Waals surface area contributed by atoms with E-state index in [2.05, 4.69) is 0 Å². The van der Waals surface area contributed by atoms with Gasteiger partial charge in [0.15, 0.2) is 0 Å². The van der Waals surface area contributed by atoms with Gasteiger partial charge in [-0.05, 0) is 35.3 Å². The molecule has 0 amide bonds. The van der Waals surface area contributed by atoms with Gasteiger partial charge in [0.25, 0.3) is 0 Å². The van der Waals surface area contributed by atoms with Crippen LogP contribution in [0.4, 0.5) is 0 Å². The second-order valence-corrected chi connectivity index (χ2v) is 5.79. The second-order valence-electron chi connectivity index (χ2n) is 4.12. The Hall–Kier alpha value is 2.12. The maximum Gasteiger partial charge on any atom is 1.00 e. The largest absolute Gasteiger partial charge is 1.00 e. The first-order valence-corrected chi connectivity index (χ1v) is 7.26. The SMILES string of the molecule is O=P([O-])([O-])CCCc1ccc2ccccc2c1.[K+].[K+]. The van der Waals surface area contributed by atoms with Crippen molar-refractivity contribution in [2.45, 2.75) is 12.8 Å². The molecule has 0 aromatic heterocycles. The van der Waals surface area contributed by atoms with Gasteiger partial charge in [-0.1, -0.05) is 50.1 Å². The van der Waals surface area contributed by atoms with Crippen LogP contribution >= 0.6 is 7.60 Å². The molecule has 0 N–H and O–H groups in total.